The van der Waals surface area contributed by atoms with Crippen LogP contribution in [0, 0.1) is 5.92 Å². The predicted molar refractivity (Wildman–Crippen MR) is 57.2 cm³/mol. The van der Waals surface area contributed by atoms with Crippen molar-refractivity contribution in [1.29, 1.82) is 0 Å². The van der Waals surface area contributed by atoms with Crippen LogP contribution in [0.1, 0.15) is 27.7 Å². The van der Waals surface area contributed by atoms with Crippen LogP contribution in [0.4, 0.5) is 0 Å². The molecule has 0 amide bonds. The van der Waals surface area contributed by atoms with E-state index >= 15 is 0 Å². The zero-order valence-electron chi connectivity index (χ0n) is 11.1. The van der Waals surface area contributed by atoms with Crippen molar-refractivity contribution in [3.63, 3.8) is 0 Å². The second-order valence-electron chi connectivity index (χ2n) is 3.76. The zero-order valence-corrected chi connectivity index (χ0v) is 13.1. The van der Waals surface area contributed by atoms with Crippen LogP contribution >= 0.6 is 0 Å². The number of carboxylic acid groups (broad SMARTS) is 1. The van der Waals surface area contributed by atoms with Crippen LogP contribution in [0.15, 0.2) is 11.8 Å². The predicted octanol–water partition coefficient (Wildman–Crippen LogP) is -3.18. The summed E-state index contributed by atoms with van der Waals surface area (Å²) in [5, 5.41) is 13.5. The molecule has 92 valence electrons. The van der Waals surface area contributed by atoms with Crippen molar-refractivity contribution in [3.05, 3.63) is 11.8 Å². The number of carbonyl (C=O) groups is 2. The van der Waals surface area contributed by atoms with Crippen molar-refractivity contribution >= 4 is 11.9 Å². The number of carbonyl (C=O) groups excluding carboxylic acids is 2. The van der Waals surface area contributed by atoms with Gasteiger partial charge in [0.2, 0.25) is 0 Å². The molecule has 1 N–H and O–H groups in total. The fraction of sp³-hybridized carbons (Fsp3) is 0.636. The Balaban J connectivity index is 0. The van der Waals surface area contributed by atoms with Gasteiger partial charge in [0.05, 0.1) is 18.6 Å². The summed E-state index contributed by atoms with van der Waals surface area (Å²) in [6.45, 7) is 7.11. The second kappa shape index (κ2) is 9.50. The van der Waals surface area contributed by atoms with E-state index in [9.17, 15) is 14.7 Å². The Labute approximate surface area is 124 Å². The first-order valence-corrected chi connectivity index (χ1v) is 5.21. The van der Waals surface area contributed by atoms with Gasteiger partial charge in [0.1, 0.15) is 0 Å². The van der Waals surface area contributed by atoms with Gasteiger partial charge in [0.15, 0.2) is 0 Å². The smallest absolute Gasteiger partial charge is 0.548 e. The second-order valence-corrected chi connectivity index (χ2v) is 3.76. The summed E-state index contributed by atoms with van der Waals surface area (Å²) in [6.07, 6.45) is 1.22. The summed E-state index contributed by atoms with van der Waals surface area (Å²) in [7, 11) is 0. The molecule has 0 aliphatic rings. The van der Waals surface area contributed by atoms with Crippen LogP contribution in [0.25, 0.3) is 0 Å². The van der Waals surface area contributed by atoms with Gasteiger partial charge in [0, 0.05) is 11.8 Å². The Morgan fingerprint density at radius 2 is 1.94 bits per heavy atom. The maximum Gasteiger partial charge on any atom is 1.00 e. The van der Waals surface area contributed by atoms with E-state index in [1.165, 1.54) is 6.08 Å². The Bertz CT molecular complexity index is 289. The minimum Gasteiger partial charge on any atom is -0.548 e. The Morgan fingerprint density at radius 3 is 2.29 bits per heavy atom. The molecule has 0 spiro atoms. The van der Waals surface area contributed by atoms with E-state index in [1.807, 2.05) is 0 Å². The first-order chi connectivity index (χ1) is 7.38. The van der Waals surface area contributed by atoms with E-state index in [0.29, 0.717) is 5.70 Å². The molecule has 17 heavy (non-hydrogen) atoms. The molecule has 0 aromatic heterocycles. The third kappa shape index (κ3) is 8.24. The summed E-state index contributed by atoms with van der Waals surface area (Å²) in [5.41, 5.74) is 0.446. The van der Waals surface area contributed by atoms with Gasteiger partial charge in [-0.15, -0.1) is 0 Å². The van der Waals surface area contributed by atoms with E-state index in [1.54, 1.807) is 27.7 Å². The van der Waals surface area contributed by atoms with Crippen molar-refractivity contribution in [2.45, 2.75) is 33.7 Å². The molecule has 5 nitrogen and oxygen atoms in total. The van der Waals surface area contributed by atoms with Gasteiger partial charge in [-0.05, 0) is 19.8 Å². The van der Waals surface area contributed by atoms with Gasteiger partial charge in [-0.2, -0.15) is 0 Å². The van der Waals surface area contributed by atoms with Crippen molar-refractivity contribution < 1.29 is 49.0 Å². The minimum absolute atomic E-state index is 0. The molecule has 0 aliphatic carbocycles. The molecule has 0 aromatic rings. The van der Waals surface area contributed by atoms with E-state index in [4.69, 9.17) is 4.74 Å². The molecular weight excluding hydrogens is 233 g/mol. The molecule has 0 saturated heterocycles. The van der Waals surface area contributed by atoms with Crippen LogP contribution in [0.3, 0.4) is 0 Å². The SMILES string of the molecule is CCOC(=O)C=C(C)NC(C(=O)[O-])C(C)C.[Na+]. The van der Waals surface area contributed by atoms with Gasteiger partial charge in [-0.25, -0.2) is 4.79 Å². The molecule has 0 aliphatic heterocycles. The normalized spacial score (nSPS) is 12.6. The molecule has 6 heteroatoms. The molecule has 0 bridgehead atoms. The van der Waals surface area contributed by atoms with Crippen molar-refractivity contribution in [1.82, 2.24) is 5.32 Å². The number of rotatable bonds is 6. The average molecular weight is 251 g/mol. The summed E-state index contributed by atoms with van der Waals surface area (Å²) < 4.78 is 4.70. The van der Waals surface area contributed by atoms with Crippen LogP contribution in [-0.4, -0.2) is 24.6 Å². The molecule has 1 atom stereocenters. The topological polar surface area (TPSA) is 78.5 Å². The molecule has 1 unspecified atom stereocenters. The van der Waals surface area contributed by atoms with Crippen molar-refractivity contribution in [3.8, 4) is 0 Å². The summed E-state index contributed by atoms with van der Waals surface area (Å²) in [4.78, 5) is 21.8. The van der Waals surface area contributed by atoms with Crippen LogP contribution in [0.2, 0.25) is 0 Å². The fourth-order valence-electron chi connectivity index (χ4n) is 1.15. The Morgan fingerprint density at radius 1 is 1.41 bits per heavy atom. The number of hydrogen-bond donors (Lipinski definition) is 1. The van der Waals surface area contributed by atoms with E-state index in [2.05, 4.69) is 5.32 Å². The maximum atomic E-state index is 11.1. The molecule has 0 fully saturated rings. The number of nitrogens with one attached hydrogen (secondary N) is 1. The molecular formula is C11H18NNaO4. The first kappa shape index (κ1) is 18.8. The van der Waals surface area contributed by atoms with Gasteiger partial charge in [-0.3, -0.25) is 0 Å². The van der Waals surface area contributed by atoms with Gasteiger partial charge < -0.3 is 20.0 Å². The van der Waals surface area contributed by atoms with E-state index in [-0.39, 0.29) is 42.1 Å². The Hall–Kier alpha value is -0.520. The monoisotopic (exact) mass is 251 g/mol. The van der Waals surface area contributed by atoms with Crippen LogP contribution < -0.4 is 40.0 Å². The number of aliphatic carboxylic acids is 1. The molecule has 0 aromatic carbocycles. The van der Waals surface area contributed by atoms with Crippen LogP contribution in [-0.2, 0) is 14.3 Å². The van der Waals surface area contributed by atoms with Crippen LogP contribution in [0.5, 0.6) is 0 Å². The summed E-state index contributed by atoms with van der Waals surface area (Å²) >= 11 is 0. The van der Waals surface area contributed by atoms with E-state index < -0.39 is 18.0 Å². The Kier molecular flexibility index (Phi) is 10.5. The van der Waals surface area contributed by atoms with Gasteiger partial charge >= 0.3 is 35.5 Å². The van der Waals surface area contributed by atoms with Gasteiger partial charge in [-0.1, -0.05) is 13.8 Å². The average Bonchev–Trinajstić information content (AvgIpc) is 2.13. The number of esters is 1. The largest absolute Gasteiger partial charge is 1.00 e. The standard InChI is InChI=1S/C11H19NO4.Na/c1-5-16-9(13)6-8(4)12-10(7(2)3)11(14)15;/h6-7,10,12H,5H2,1-4H3,(H,14,15);/q;+1/p-1. The molecule has 0 saturated carbocycles. The molecule has 0 radical (unpaired) electrons. The third-order valence-electron chi connectivity index (χ3n) is 1.92. The number of ether oxygens (including phenoxy) is 1. The van der Waals surface area contributed by atoms with Crippen molar-refractivity contribution in [2.24, 2.45) is 5.92 Å². The third-order valence-corrected chi connectivity index (χ3v) is 1.92. The number of allylic oxidation sites excluding steroid dienone is 1. The number of hydrogen-bond acceptors (Lipinski definition) is 5. The first-order valence-electron chi connectivity index (χ1n) is 5.21. The zero-order chi connectivity index (χ0) is 12.7. The summed E-state index contributed by atoms with van der Waals surface area (Å²) in [6, 6.07) is -0.814. The fourth-order valence-corrected chi connectivity index (χ4v) is 1.15. The molecule has 0 rings (SSSR count). The maximum absolute atomic E-state index is 11.1. The number of carboxylic acids is 1. The van der Waals surface area contributed by atoms with Gasteiger partial charge in [0.25, 0.3) is 0 Å². The summed E-state index contributed by atoms with van der Waals surface area (Å²) in [5.74, 6) is -1.81. The molecule has 0 heterocycles. The van der Waals surface area contributed by atoms with E-state index in [0.717, 1.165) is 0 Å². The van der Waals surface area contributed by atoms with Crippen molar-refractivity contribution in [2.75, 3.05) is 6.61 Å². The minimum atomic E-state index is -1.19. The quantitative estimate of drug-likeness (QED) is 0.306.